The minimum atomic E-state index is -4.55. The fraction of sp³-hybridized carbons (Fsp3) is 0.353. The molecule has 0 spiro atoms. The molecule has 2 heterocycles. The van der Waals surface area contributed by atoms with E-state index in [4.69, 9.17) is 4.74 Å². The Morgan fingerprint density at radius 1 is 0.923 bits per heavy atom. The summed E-state index contributed by atoms with van der Waals surface area (Å²) >= 11 is 0. The van der Waals surface area contributed by atoms with Crippen LogP contribution in [0.2, 0.25) is 0 Å². The van der Waals surface area contributed by atoms with Gasteiger partial charge in [0, 0.05) is 13.1 Å². The molecule has 0 saturated carbocycles. The van der Waals surface area contributed by atoms with Gasteiger partial charge in [-0.05, 0) is 29.8 Å². The highest BCUT2D eigenvalue weighted by atomic mass is 19.4. The number of hydrogen-bond donors (Lipinski definition) is 0. The summed E-state index contributed by atoms with van der Waals surface area (Å²) in [5.41, 5.74) is -1.24. The van der Waals surface area contributed by atoms with Gasteiger partial charge in [0.15, 0.2) is 0 Å². The smallest absolute Gasteiger partial charge is 0.370 e. The first kappa shape index (κ1) is 18.5. The van der Waals surface area contributed by atoms with Gasteiger partial charge in [0.2, 0.25) is 0 Å². The van der Waals surface area contributed by atoms with Crippen LogP contribution in [-0.2, 0) is 17.1 Å². The molecule has 0 N–H and O–H groups in total. The van der Waals surface area contributed by atoms with Crippen LogP contribution in [0.15, 0.2) is 42.5 Å². The molecule has 1 aromatic heterocycles. The molecule has 1 unspecified atom stereocenters. The summed E-state index contributed by atoms with van der Waals surface area (Å²) < 4.78 is 81.9. The van der Waals surface area contributed by atoms with Gasteiger partial charge in [0.1, 0.15) is 17.6 Å². The highest BCUT2D eigenvalue weighted by Crippen LogP contribution is 2.33. The van der Waals surface area contributed by atoms with Crippen LogP contribution in [0, 0.1) is 0 Å². The number of nitrogens with zero attached hydrogens (tertiary/aromatic N) is 2. The number of morpholine rings is 1. The average molecular weight is 376 g/mol. The summed E-state index contributed by atoms with van der Waals surface area (Å²) in [5, 5.41) is 0. The summed E-state index contributed by atoms with van der Waals surface area (Å²) in [7, 11) is 0. The van der Waals surface area contributed by atoms with Gasteiger partial charge >= 0.3 is 12.4 Å². The van der Waals surface area contributed by atoms with Gasteiger partial charge in [0.05, 0.1) is 12.2 Å². The van der Waals surface area contributed by atoms with E-state index in [9.17, 15) is 26.3 Å². The van der Waals surface area contributed by atoms with E-state index in [0.717, 1.165) is 18.2 Å². The Balaban J connectivity index is 1.77. The quantitative estimate of drug-likeness (QED) is 0.711. The summed E-state index contributed by atoms with van der Waals surface area (Å²) in [5.74, 6) is 0.153. The van der Waals surface area contributed by atoms with Crippen molar-refractivity contribution in [3.8, 4) is 0 Å². The van der Waals surface area contributed by atoms with Gasteiger partial charge in [-0.3, -0.25) is 0 Å². The fourth-order valence-corrected chi connectivity index (χ4v) is 2.70. The van der Waals surface area contributed by atoms with E-state index in [0.29, 0.717) is 12.1 Å². The lowest BCUT2D eigenvalue weighted by atomic mass is 10.1. The van der Waals surface area contributed by atoms with E-state index >= 15 is 0 Å². The van der Waals surface area contributed by atoms with Gasteiger partial charge in [-0.1, -0.05) is 18.2 Å². The van der Waals surface area contributed by atoms with Crippen LogP contribution in [0.1, 0.15) is 22.9 Å². The number of anilines is 1. The third-order valence-corrected chi connectivity index (χ3v) is 4.03. The first-order valence-corrected chi connectivity index (χ1v) is 7.72. The maximum Gasteiger partial charge on any atom is 0.433 e. The van der Waals surface area contributed by atoms with Crippen LogP contribution >= 0.6 is 0 Å². The van der Waals surface area contributed by atoms with Crippen LogP contribution in [0.4, 0.5) is 32.2 Å². The zero-order valence-corrected chi connectivity index (χ0v) is 13.3. The molecule has 1 aliphatic heterocycles. The molecule has 3 nitrogen and oxygen atoms in total. The van der Waals surface area contributed by atoms with Crippen molar-refractivity contribution in [3.05, 3.63) is 59.3 Å². The van der Waals surface area contributed by atoms with Crippen molar-refractivity contribution in [2.75, 3.05) is 24.6 Å². The van der Waals surface area contributed by atoms with Gasteiger partial charge in [0.25, 0.3) is 0 Å². The van der Waals surface area contributed by atoms with Gasteiger partial charge in [-0.15, -0.1) is 0 Å². The number of benzene rings is 1. The molecule has 0 amide bonds. The summed E-state index contributed by atoms with van der Waals surface area (Å²) in [6, 6.07) is 8.17. The molecule has 1 aromatic carbocycles. The Labute approximate surface area is 145 Å². The third-order valence-electron chi connectivity index (χ3n) is 4.03. The summed E-state index contributed by atoms with van der Waals surface area (Å²) in [6.45, 7) is 0.759. The molecule has 1 aliphatic rings. The third kappa shape index (κ3) is 4.09. The molecule has 1 fully saturated rings. The molecule has 26 heavy (non-hydrogen) atoms. The number of alkyl halides is 6. The second-order valence-electron chi connectivity index (χ2n) is 5.80. The Bertz CT molecular complexity index is 757. The number of rotatable bonds is 2. The van der Waals surface area contributed by atoms with E-state index < -0.39 is 29.7 Å². The number of halogens is 6. The van der Waals surface area contributed by atoms with E-state index in [2.05, 4.69) is 4.98 Å². The number of pyridine rings is 1. The highest BCUT2D eigenvalue weighted by Gasteiger charge is 2.34. The van der Waals surface area contributed by atoms with Crippen molar-refractivity contribution in [2.45, 2.75) is 18.5 Å². The molecule has 0 aliphatic carbocycles. The van der Waals surface area contributed by atoms with Crippen LogP contribution in [-0.4, -0.2) is 24.7 Å². The lowest BCUT2D eigenvalue weighted by Gasteiger charge is -2.34. The molecule has 3 rings (SSSR count). The zero-order chi connectivity index (χ0) is 18.9. The largest absolute Gasteiger partial charge is 0.433 e. The average Bonchev–Trinajstić information content (AvgIpc) is 2.61. The Kier molecular flexibility index (Phi) is 4.83. The molecular formula is C17H14F6N2O. The van der Waals surface area contributed by atoms with E-state index in [1.165, 1.54) is 24.3 Å². The SMILES string of the molecule is FC(F)(F)c1ccc(C2CN(c3cccc(C(F)(F)F)n3)CCO2)cc1. The fourth-order valence-electron chi connectivity index (χ4n) is 2.70. The predicted octanol–water partition coefficient (Wildman–Crippen LogP) is 4.70. The predicted molar refractivity (Wildman–Crippen MR) is 81.6 cm³/mol. The van der Waals surface area contributed by atoms with E-state index in [1.807, 2.05) is 0 Å². The van der Waals surface area contributed by atoms with Crippen molar-refractivity contribution in [3.63, 3.8) is 0 Å². The van der Waals surface area contributed by atoms with Crippen molar-refractivity contribution in [2.24, 2.45) is 0 Å². The molecule has 9 heteroatoms. The van der Waals surface area contributed by atoms with E-state index in [-0.39, 0.29) is 19.0 Å². The number of ether oxygens (including phenoxy) is 1. The van der Waals surface area contributed by atoms with Gasteiger partial charge < -0.3 is 9.64 Å². The molecule has 0 radical (unpaired) electrons. The first-order valence-electron chi connectivity index (χ1n) is 7.72. The highest BCUT2D eigenvalue weighted by molar-refractivity contribution is 5.41. The Hall–Kier alpha value is -2.29. The monoisotopic (exact) mass is 376 g/mol. The lowest BCUT2D eigenvalue weighted by Crippen LogP contribution is -2.39. The minimum Gasteiger partial charge on any atom is -0.370 e. The molecule has 2 aromatic rings. The Morgan fingerprint density at radius 3 is 2.23 bits per heavy atom. The van der Waals surface area contributed by atoms with Crippen LogP contribution < -0.4 is 4.90 Å². The van der Waals surface area contributed by atoms with Crippen molar-refractivity contribution < 1.29 is 31.1 Å². The zero-order valence-electron chi connectivity index (χ0n) is 13.3. The number of hydrogen-bond acceptors (Lipinski definition) is 3. The standard InChI is InChI=1S/C17H14F6N2O/c18-16(19,20)12-6-4-11(5-7-12)13-10-25(8-9-26-13)15-3-1-2-14(24-15)17(21,22)23/h1-7,13H,8-10H2. The maximum absolute atomic E-state index is 12.8. The number of aromatic nitrogens is 1. The van der Waals surface area contributed by atoms with Crippen molar-refractivity contribution in [1.82, 2.24) is 4.98 Å². The second-order valence-corrected chi connectivity index (χ2v) is 5.80. The van der Waals surface area contributed by atoms with Crippen molar-refractivity contribution in [1.29, 1.82) is 0 Å². The van der Waals surface area contributed by atoms with Crippen molar-refractivity contribution >= 4 is 5.82 Å². The normalized spacial score (nSPS) is 18.8. The minimum absolute atomic E-state index is 0.153. The van der Waals surface area contributed by atoms with Crippen LogP contribution in [0.5, 0.6) is 0 Å². The first-order chi connectivity index (χ1) is 12.1. The molecular weight excluding hydrogens is 362 g/mol. The summed E-state index contributed by atoms with van der Waals surface area (Å²) in [4.78, 5) is 5.26. The molecule has 0 bridgehead atoms. The van der Waals surface area contributed by atoms with Crippen LogP contribution in [0.25, 0.3) is 0 Å². The second kappa shape index (κ2) is 6.79. The van der Waals surface area contributed by atoms with Gasteiger partial charge in [-0.2, -0.15) is 26.3 Å². The summed E-state index contributed by atoms with van der Waals surface area (Å²) in [6.07, 6.45) is -9.53. The lowest BCUT2D eigenvalue weighted by molar-refractivity contribution is -0.141. The maximum atomic E-state index is 12.8. The topological polar surface area (TPSA) is 25.4 Å². The molecule has 1 saturated heterocycles. The van der Waals surface area contributed by atoms with E-state index in [1.54, 1.807) is 4.90 Å². The van der Waals surface area contributed by atoms with Crippen LogP contribution in [0.3, 0.4) is 0 Å². The Morgan fingerprint density at radius 2 is 1.62 bits per heavy atom. The molecule has 140 valence electrons. The van der Waals surface area contributed by atoms with Gasteiger partial charge in [-0.25, -0.2) is 4.98 Å². The molecule has 1 atom stereocenters.